The summed E-state index contributed by atoms with van der Waals surface area (Å²) in [5, 5.41) is 7.21. The van der Waals surface area contributed by atoms with Gasteiger partial charge in [0.2, 0.25) is 0 Å². The minimum Gasteiger partial charge on any atom is -0.454 e. The van der Waals surface area contributed by atoms with Crippen molar-refractivity contribution in [1.82, 2.24) is 9.13 Å². The van der Waals surface area contributed by atoms with Crippen LogP contribution in [0.15, 0.2) is 217 Å². The summed E-state index contributed by atoms with van der Waals surface area (Å²) < 4.78 is 11.4. The van der Waals surface area contributed by atoms with Crippen molar-refractivity contribution in [3.05, 3.63) is 212 Å². The molecule has 0 aliphatic heterocycles. The molecule has 12 rings (SSSR count). The standard InChI is InChI=1S/C54H35N3O/c1-2-13-38(14-3-1)57-50-22-10-6-17-44(50)45-34-27-37(35-52(45)57)36-25-28-39(29-26-36)55(51-23-12-19-47-46-18-7-11-24-53(46)58-54(47)51)40-30-32-41(33-31-40)56-48-20-8-4-15-42(48)43-16-5-9-21-49(43)56/h1-35H. The van der Waals surface area contributed by atoms with Crippen molar-refractivity contribution in [2.75, 3.05) is 4.90 Å². The maximum Gasteiger partial charge on any atom is 0.159 e. The lowest BCUT2D eigenvalue weighted by Gasteiger charge is -2.26. The van der Waals surface area contributed by atoms with Gasteiger partial charge in [-0.25, -0.2) is 0 Å². The quantitative estimate of drug-likeness (QED) is 0.170. The number of fused-ring (bicyclic) bond motifs is 9. The van der Waals surface area contributed by atoms with E-state index in [-0.39, 0.29) is 0 Å². The highest BCUT2D eigenvalue weighted by Crippen LogP contribution is 2.43. The van der Waals surface area contributed by atoms with Crippen LogP contribution in [0, 0.1) is 0 Å². The molecule has 12 aromatic rings. The average molecular weight is 742 g/mol. The maximum absolute atomic E-state index is 6.64. The van der Waals surface area contributed by atoms with Crippen molar-refractivity contribution in [2.24, 2.45) is 0 Å². The van der Waals surface area contributed by atoms with Gasteiger partial charge >= 0.3 is 0 Å². The Balaban J connectivity index is 1.000. The number of hydrogen-bond donors (Lipinski definition) is 0. The Morgan fingerprint density at radius 3 is 1.47 bits per heavy atom. The van der Waals surface area contributed by atoms with E-state index in [1.165, 1.54) is 49.2 Å². The van der Waals surface area contributed by atoms with E-state index >= 15 is 0 Å². The number of anilines is 3. The first-order valence-electron chi connectivity index (χ1n) is 19.8. The predicted molar refractivity (Wildman–Crippen MR) is 243 cm³/mol. The van der Waals surface area contributed by atoms with E-state index in [2.05, 4.69) is 214 Å². The molecule has 0 saturated carbocycles. The van der Waals surface area contributed by atoms with Gasteiger partial charge in [0.1, 0.15) is 5.58 Å². The van der Waals surface area contributed by atoms with Crippen molar-refractivity contribution in [2.45, 2.75) is 0 Å². The number of hydrogen-bond acceptors (Lipinski definition) is 2. The largest absolute Gasteiger partial charge is 0.454 e. The van der Waals surface area contributed by atoms with Crippen LogP contribution in [-0.2, 0) is 0 Å². The van der Waals surface area contributed by atoms with Crippen molar-refractivity contribution in [3.8, 4) is 22.5 Å². The van der Waals surface area contributed by atoms with E-state index in [4.69, 9.17) is 4.42 Å². The zero-order valence-corrected chi connectivity index (χ0v) is 31.5. The van der Waals surface area contributed by atoms with Crippen LogP contribution in [0.5, 0.6) is 0 Å². The minimum atomic E-state index is 0.860. The molecular formula is C54H35N3O. The molecule has 3 heterocycles. The summed E-state index contributed by atoms with van der Waals surface area (Å²) in [4.78, 5) is 2.32. The van der Waals surface area contributed by atoms with Gasteiger partial charge in [0.05, 0.1) is 27.8 Å². The molecule has 0 N–H and O–H groups in total. The van der Waals surface area contributed by atoms with Crippen LogP contribution in [0.4, 0.5) is 17.1 Å². The molecule has 4 nitrogen and oxygen atoms in total. The third-order valence-electron chi connectivity index (χ3n) is 11.7. The first kappa shape index (κ1) is 32.4. The molecule has 0 radical (unpaired) electrons. The second-order valence-corrected chi connectivity index (χ2v) is 14.9. The van der Waals surface area contributed by atoms with Crippen LogP contribution in [0.3, 0.4) is 0 Å². The molecule has 0 bridgehead atoms. The van der Waals surface area contributed by atoms with Gasteiger partial charge in [-0.1, -0.05) is 127 Å². The van der Waals surface area contributed by atoms with E-state index < -0.39 is 0 Å². The molecule has 0 unspecified atom stereocenters. The van der Waals surface area contributed by atoms with Crippen LogP contribution >= 0.6 is 0 Å². The number of para-hydroxylation sites is 6. The summed E-state index contributed by atoms with van der Waals surface area (Å²) in [7, 11) is 0. The Morgan fingerprint density at radius 2 is 0.810 bits per heavy atom. The zero-order chi connectivity index (χ0) is 38.2. The van der Waals surface area contributed by atoms with Gasteiger partial charge in [0.25, 0.3) is 0 Å². The van der Waals surface area contributed by atoms with Gasteiger partial charge < -0.3 is 18.5 Å². The second-order valence-electron chi connectivity index (χ2n) is 14.9. The number of aromatic nitrogens is 2. The fourth-order valence-corrected chi connectivity index (χ4v) is 9.10. The highest BCUT2D eigenvalue weighted by Gasteiger charge is 2.21. The summed E-state index contributed by atoms with van der Waals surface area (Å²) >= 11 is 0. The Labute approximate surface area is 334 Å². The van der Waals surface area contributed by atoms with Crippen LogP contribution in [0.1, 0.15) is 0 Å². The monoisotopic (exact) mass is 741 g/mol. The van der Waals surface area contributed by atoms with Crippen LogP contribution < -0.4 is 4.90 Å². The van der Waals surface area contributed by atoms with Crippen molar-refractivity contribution in [1.29, 1.82) is 0 Å². The Hall–Kier alpha value is -7.82. The normalized spacial score (nSPS) is 11.8. The topological polar surface area (TPSA) is 26.2 Å². The number of nitrogens with zero attached hydrogens (tertiary/aromatic N) is 3. The van der Waals surface area contributed by atoms with E-state index in [0.29, 0.717) is 0 Å². The Kier molecular flexibility index (Phi) is 7.20. The molecule has 4 heteroatoms. The lowest BCUT2D eigenvalue weighted by Crippen LogP contribution is -2.10. The summed E-state index contributed by atoms with van der Waals surface area (Å²) in [6.07, 6.45) is 0. The molecular weight excluding hydrogens is 707 g/mol. The highest BCUT2D eigenvalue weighted by atomic mass is 16.3. The van der Waals surface area contributed by atoms with Gasteiger partial charge in [-0.05, 0) is 96.1 Å². The molecule has 58 heavy (non-hydrogen) atoms. The first-order valence-corrected chi connectivity index (χ1v) is 19.8. The molecule has 9 aromatic carbocycles. The molecule has 0 amide bonds. The Bertz CT molecular complexity index is 3440. The van der Waals surface area contributed by atoms with E-state index in [1.807, 2.05) is 12.1 Å². The van der Waals surface area contributed by atoms with E-state index in [1.54, 1.807) is 0 Å². The summed E-state index contributed by atoms with van der Waals surface area (Å²) in [6.45, 7) is 0. The number of furan rings is 1. The molecule has 0 fully saturated rings. The SMILES string of the molecule is c1ccc(-n2c3ccccc3c3ccc(-c4ccc(N(c5ccc(-n6c7ccccc7c7ccccc76)cc5)c5cccc6c5oc5ccccc56)cc4)cc32)cc1. The molecule has 3 aromatic heterocycles. The molecule has 0 saturated heterocycles. The maximum atomic E-state index is 6.64. The van der Waals surface area contributed by atoms with Crippen LogP contribution in [-0.4, -0.2) is 9.13 Å². The van der Waals surface area contributed by atoms with Gasteiger partial charge in [-0.15, -0.1) is 0 Å². The van der Waals surface area contributed by atoms with Crippen molar-refractivity contribution < 1.29 is 4.42 Å². The zero-order valence-electron chi connectivity index (χ0n) is 31.5. The summed E-state index contributed by atoms with van der Waals surface area (Å²) in [5.41, 5.74) is 14.2. The van der Waals surface area contributed by atoms with Crippen LogP contribution in [0.2, 0.25) is 0 Å². The smallest absolute Gasteiger partial charge is 0.159 e. The fourth-order valence-electron chi connectivity index (χ4n) is 9.10. The van der Waals surface area contributed by atoms with Crippen molar-refractivity contribution in [3.63, 3.8) is 0 Å². The van der Waals surface area contributed by atoms with Gasteiger partial charge in [-0.2, -0.15) is 0 Å². The lowest BCUT2D eigenvalue weighted by molar-refractivity contribution is 0.669. The highest BCUT2D eigenvalue weighted by molar-refractivity contribution is 6.12. The molecule has 0 spiro atoms. The van der Waals surface area contributed by atoms with E-state index in [9.17, 15) is 0 Å². The van der Waals surface area contributed by atoms with Crippen molar-refractivity contribution >= 4 is 82.6 Å². The molecule has 0 aliphatic carbocycles. The first-order chi connectivity index (χ1) is 28.8. The van der Waals surface area contributed by atoms with Crippen LogP contribution in [0.25, 0.3) is 88.1 Å². The third-order valence-corrected chi connectivity index (χ3v) is 11.7. The Morgan fingerprint density at radius 1 is 0.328 bits per heavy atom. The van der Waals surface area contributed by atoms with Gasteiger partial charge in [0, 0.05) is 55.1 Å². The summed E-state index contributed by atoms with van der Waals surface area (Å²) in [5.74, 6) is 0. The minimum absolute atomic E-state index is 0.860. The predicted octanol–water partition coefficient (Wildman–Crippen LogP) is 14.9. The average Bonchev–Trinajstić information content (AvgIpc) is 3.95. The number of rotatable bonds is 6. The fraction of sp³-hybridized carbons (Fsp3) is 0. The van der Waals surface area contributed by atoms with Gasteiger partial charge in [-0.3, -0.25) is 0 Å². The molecule has 272 valence electrons. The van der Waals surface area contributed by atoms with Gasteiger partial charge in [0.15, 0.2) is 5.58 Å². The second kappa shape index (κ2) is 12.9. The molecule has 0 atom stereocenters. The number of benzene rings is 9. The summed E-state index contributed by atoms with van der Waals surface area (Å²) in [6, 6.07) is 76.1. The third kappa shape index (κ3) is 4.95. The molecule has 0 aliphatic rings. The van der Waals surface area contributed by atoms with E-state index in [0.717, 1.165) is 55.9 Å². The lowest BCUT2D eigenvalue weighted by atomic mass is 10.0.